The Hall–Kier alpha value is -1.98. The summed E-state index contributed by atoms with van der Waals surface area (Å²) in [6.45, 7) is 2.14. The van der Waals surface area contributed by atoms with Crippen LogP contribution in [0.3, 0.4) is 0 Å². The van der Waals surface area contributed by atoms with Gasteiger partial charge in [0.15, 0.2) is 0 Å². The fraction of sp³-hybridized carbons (Fsp3) is 0.417. The molecule has 1 aliphatic carbocycles. The number of halogens is 1. The Labute approximate surface area is 188 Å². The summed E-state index contributed by atoms with van der Waals surface area (Å²) in [5.41, 5.74) is 0.851. The van der Waals surface area contributed by atoms with Crippen LogP contribution in [0.1, 0.15) is 44.6 Å². The van der Waals surface area contributed by atoms with Crippen molar-refractivity contribution in [2.45, 2.75) is 62.6 Å². The third-order valence-corrected chi connectivity index (χ3v) is 6.88. The number of amides is 2. The van der Waals surface area contributed by atoms with E-state index in [1.54, 1.807) is 16.7 Å². The van der Waals surface area contributed by atoms with Gasteiger partial charge in [-0.15, -0.1) is 11.8 Å². The first-order valence-electron chi connectivity index (χ1n) is 10.6. The van der Waals surface area contributed by atoms with Gasteiger partial charge in [-0.05, 0) is 43.5 Å². The highest BCUT2D eigenvalue weighted by molar-refractivity contribution is 7.99. The van der Waals surface area contributed by atoms with Crippen molar-refractivity contribution in [1.29, 1.82) is 0 Å². The van der Waals surface area contributed by atoms with Crippen molar-refractivity contribution in [2.24, 2.45) is 0 Å². The van der Waals surface area contributed by atoms with E-state index in [-0.39, 0.29) is 17.9 Å². The number of nitrogens with one attached hydrogen (secondary N) is 1. The summed E-state index contributed by atoms with van der Waals surface area (Å²) >= 11 is 7.98. The van der Waals surface area contributed by atoms with E-state index in [0.29, 0.717) is 23.7 Å². The molecule has 0 saturated heterocycles. The number of hydrogen-bond acceptors (Lipinski definition) is 3. The molecule has 0 spiro atoms. The van der Waals surface area contributed by atoms with E-state index in [1.165, 1.54) is 0 Å². The molecule has 0 aromatic heterocycles. The molecule has 30 heavy (non-hydrogen) atoms. The number of thioether (sulfide) groups is 1. The van der Waals surface area contributed by atoms with E-state index in [4.69, 9.17) is 11.6 Å². The molecule has 1 aliphatic rings. The van der Waals surface area contributed by atoms with Gasteiger partial charge in [0.25, 0.3) is 0 Å². The summed E-state index contributed by atoms with van der Waals surface area (Å²) in [5.74, 6) is 0.546. The maximum Gasteiger partial charge on any atom is 0.242 e. The van der Waals surface area contributed by atoms with Crippen LogP contribution in [0.5, 0.6) is 0 Å². The first-order valence-corrected chi connectivity index (χ1v) is 11.9. The van der Waals surface area contributed by atoms with Crippen LogP contribution in [0, 0.1) is 0 Å². The van der Waals surface area contributed by atoms with E-state index < -0.39 is 6.04 Å². The molecule has 0 radical (unpaired) electrons. The lowest BCUT2D eigenvalue weighted by atomic mass is 10.1. The summed E-state index contributed by atoms with van der Waals surface area (Å²) in [6, 6.07) is 17.2. The van der Waals surface area contributed by atoms with Crippen molar-refractivity contribution >= 4 is 35.2 Å². The van der Waals surface area contributed by atoms with Gasteiger partial charge in [-0.3, -0.25) is 9.59 Å². The molecule has 0 bridgehead atoms. The highest BCUT2D eigenvalue weighted by atomic mass is 35.5. The van der Waals surface area contributed by atoms with Crippen LogP contribution in [-0.4, -0.2) is 34.6 Å². The molecule has 2 aromatic carbocycles. The Bertz CT molecular complexity index is 840. The second-order valence-electron chi connectivity index (χ2n) is 7.69. The number of benzene rings is 2. The molecule has 1 saturated carbocycles. The first kappa shape index (κ1) is 22.7. The van der Waals surface area contributed by atoms with Gasteiger partial charge in [0, 0.05) is 34.7 Å². The summed E-state index contributed by atoms with van der Waals surface area (Å²) in [5, 5.41) is 3.73. The zero-order chi connectivity index (χ0) is 21.3. The number of hydrogen-bond donors (Lipinski definition) is 1. The van der Waals surface area contributed by atoms with Crippen LogP contribution in [0.4, 0.5) is 0 Å². The quantitative estimate of drug-likeness (QED) is 0.534. The minimum absolute atomic E-state index is 0.0348. The monoisotopic (exact) mass is 444 g/mol. The lowest BCUT2D eigenvalue weighted by molar-refractivity contribution is -0.140. The molecule has 160 valence electrons. The van der Waals surface area contributed by atoms with E-state index in [1.807, 2.05) is 61.5 Å². The van der Waals surface area contributed by atoms with Crippen LogP contribution in [-0.2, 0) is 16.1 Å². The second kappa shape index (κ2) is 11.4. The Balaban J connectivity index is 1.66. The maximum atomic E-state index is 13.1. The van der Waals surface area contributed by atoms with Crippen LogP contribution in [0.2, 0.25) is 5.02 Å². The van der Waals surface area contributed by atoms with Crippen molar-refractivity contribution in [2.75, 3.05) is 5.75 Å². The predicted molar refractivity (Wildman–Crippen MR) is 124 cm³/mol. The topological polar surface area (TPSA) is 49.4 Å². The molecule has 6 heteroatoms. The number of nitrogens with zero attached hydrogens (tertiary/aromatic N) is 1. The second-order valence-corrected chi connectivity index (χ2v) is 9.27. The molecule has 3 rings (SSSR count). The molecule has 0 heterocycles. The average molecular weight is 445 g/mol. The zero-order valence-corrected chi connectivity index (χ0v) is 18.9. The van der Waals surface area contributed by atoms with Gasteiger partial charge in [0.1, 0.15) is 6.04 Å². The molecular weight excluding hydrogens is 416 g/mol. The molecular formula is C24H29ClN2O2S. The van der Waals surface area contributed by atoms with E-state index in [9.17, 15) is 9.59 Å². The minimum atomic E-state index is -0.545. The maximum absolute atomic E-state index is 13.1. The highest BCUT2D eigenvalue weighted by Gasteiger charge is 2.28. The summed E-state index contributed by atoms with van der Waals surface area (Å²) in [4.78, 5) is 28.8. The average Bonchev–Trinajstić information content (AvgIpc) is 3.26. The summed E-state index contributed by atoms with van der Waals surface area (Å²) in [7, 11) is 0. The van der Waals surface area contributed by atoms with Crippen LogP contribution in [0.15, 0.2) is 59.5 Å². The smallest absolute Gasteiger partial charge is 0.242 e. The molecule has 1 atom stereocenters. The molecule has 2 aromatic rings. The minimum Gasteiger partial charge on any atom is -0.352 e. The molecule has 1 fully saturated rings. The first-order chi connectivity index (χ1) is 14.5. The third-order valence-electron chi connectivity index (χ3n) is 5.50. The summed E-state index contributed by atoms with van der Waals surface area (Å²) in [6.07, 6.45) is 4.71. The van der Waals surface area contributed by atoms with Gasteiger partial charge in [0.05, 0.1) is 0 Å². The Kier molecular flexibility index (Phi) is 8.64. The van der Waals surface area contributed by atoms with Gasteiger partial charge in [0.2, 0.25) is 11.8 Å². The van der Waals surface area contributed by atoms with Gasteiger partial charge in [-0.25, -0.2) is 0 Å². The molecule has 0 unspecified atom stereocenters. The fourth-order valence-electron chi connectivity index (χ4n) is 3.70. The van der Waals surface area contributed by atoms with Crippen LogP contribution >= 0.6 is 23.4 Å². The van der Waals surface area contributed by atoms with Crippen molar-refractivity contribution in [3.05, 3.63) is 65.2 Å². The Morgan fingerprint density at radius 3 is 2.47 bits per heavy atom. The van der Waals surface area contributed by atoms with E-state index in [0.717, 1.165) is 36.1 Å². The highest BCUT2D eigenvalue weighted by Crippen LogP contribution is 2.22. The molecule has 4 nitrogen and oxygen atoms in total. The number of carbonyl (C=O) groups is 2. The number of carbonyl (C=O) groups excluding carboxylic acids is 2. The lowest BCUT2D eigenvalue weighted by Crippen LogP contribution is -2.49. The van der Waals surface area contributed by atoms with Gasteiger partial charge in [-0.1, -0.05) is 60.8 Å². The van der Waals surface area contributed by atoms with Crippen molar-refractivity contribution in [3.8, 4) is 0 Å². The van der Waals surface area contributed by atoms with Crippen LogP contribution in [0.25, 0.3) is 0 Å². The lowest BCUT2D eigenvalue weighted by Gasteiger charge is -2.30. The SMILES string of the molecule is C[C@@H](C(=O)NC1CCCC1)N(Cc1ccccc1Cl)C(=O)CCSc1ccccc1. The van der Waals surface area contributed by atoms with Gasteiger partial charge < -0.3 is 10.2 Å². The van der Waals surface area contributed by atoms with E-state index >= 15 is 0 Å². The zero-order valence-electron chi connectivity index (χ0n) is 17.4. The molecule has 0 aliphatic heterocycles. The van der Waals surface area contributed by atoms with Crippen LogP contribution < -0.4 is 5.32 Å². The third kappa shape index (κ3) is 6.51. The fourth-order valence-corrected chi connectivity index (χ4v) is 4.76. The Morgan fingerprint density at radius 1 is 1.10 bits per heavy atom. The summed E-state index contributed by atoms with van der Waals surface area (Å²) < 4.78 is 0. The number of rotatable bonds is 9. The largest absolute Gasteiger partial charge is 0.352 e. The van der Waals surface area contributed by atoms with Gasteiger partial charge >= 0.3 is 0 Å². The van der Waals surface area contributed by atoms with Gasteiger partial charge in [-0.2, -0.15) is 0 Å². The van der Waals surface area contributed by atoms with Crippen molar-refractivity contribution in [3.63, 3.8) is 0 Å². The Morgan fingerprint density at radius 2 is 1.77 bits per heavy atom. The van der Waals surface area contributed by atoms with Crippen molar-refractivity contribution in [1.82, 2.24) is 10.2 Å². The van der Waals surface area contributed by atoms with Crippen molar-refractivity contribution < 1.29 is 9.59 Å². The molecule has 2 amide bonds. The molecule has 1 N–H and O–H groups in total. The standard InChI is InChI=1S/C24H29ClN2O2S/c1-18(24(29)26-20-10-6-7-11-20)27(17-19-9-5-8-14-22(19)25)23(28)15-16-30-21-12-3-2-4-13-21/h2-5,8-9,12-14,18,20H,6-7,10-11,15-17H2,1H3,(H,26,29)/t18-/m0/s1. The predicted octanol–water partition coefficient (Wildman–Crippen LogP) is 5.30. The normalized spacial score (nSPS) is 15.0. The van der Waals surface area contributed by atoms with E-state index in [2.05, 4.69) is 5.32 Å².